The number of hydrogen-bond donors (Lipinski definition) is 0. The Balaban J connectivity index is 2.34. The van der Waals surface area contributed by atoms with Gasteiger partial charge in [0.05, 0.1) is 0 Å². The minimum absolute atomic E-state index is 0.211. The molecule has 1 aromatic carbocycles. The first-order chi connectivity index (χ1) is 7.99. The molecule has 3 heteroatoms. The normalized spacial score (nSPS) is 10.9. The lowest BCUT2D eigenvalue weighted by Gasteiger charge is -2.08. The number of rotatable bonds is 2. The zero-order chi connectivity index (χ0) is 12.6. The molecule has 0 amide bonds. The van der Waals surface area contributed by atoms with Crippen molar-refractivity contribution in [3.05, 3.63) is 57.1 Å². The smallest absolute Gasteiger partial charge is 0.124 e. The first-order valence-electron chi connectivity index (χ1n) is 5.56. The van der Waals surface area contributed by atoms with Crippen molar-refractivity contribution < 1.29 is 4.39 Å². The van der Waals surface area contributed by atoms with Crippen molar-refractivity contribution >= 4 is 15.9 Å². The molecule has 0 aliphatic heterocycles. The summed E-state index contributed by atoms with van der Waals surface area (Å²) in [6.07, 6.45) is 2.14. The molecule has 0 radical (unpaired) electrons. The summed E-state index contributed by atoms with van der Waals surface area (Å²) < 4.78 is 16.0. The second-order valence-electron chi connectivity index (χ2n) is 4.39. The van der Waals surface area contributed by atoms with E-state index in [9.17, 15) is 4.39 Å². The van der Waals surface area contributed by atoms with E-state index in [1.165, 1.54) is 29.0 Å². The molecule has 0 aliphatic rings. The van der Waals surface area contributed by atoms with Gasteiger partial charge in [-0.2, -0.15) is 0 Å². The summed E-state index contributed by atoms with van der Waals surface area (Å²) in [4.78, 5) is 0. The Morgan fingerprint density at radius 2 is 1.94 bits per heavy atom. The van der Waals surface area contributed by atoms with Gasteiger partial charge in [0.15, 0.2) is 0 Å². The van der Waals surface area contributed by atoms with Crippen molar-refractivity contribution in [3.8, 4) is 0 Å². The van der Waals surface area contributed by atoms with Crippen LogP contribution in [0.1, 0.15) is 22.4 Å². The van der Waals surface area contributed by atoms with Crippen LogP contribution < -0.4 is 0 Å². The van der Waals surface area contributed by atoms with Crippen LogP contribution in [0.3, 0.4) is 0 Å². The van der Waals surface area contributed by atoms with Crippen LogP contribution >= 0.6 is 15.9 Å². The Bertz CT molecular complexity index is 558. The summed E-state index contributed by atoms with van der Waals surface area (Å²) in [6, 6.07) is 4.83. The second-order valence-corrected chi connectivity index (χ2v) is 5.24. The maximum Gasteiger partial charge on any atom is 0.124 e. The van der Waals surface area contributed by atoms with E-state index in [1.807, 2.05) is 6.07 Å². The summed E-state index contributed by atoms with van der Waals surface area (Å²) in [5, 5.41) is 0. The molecule has 17 heavy (non-hydrogen) atoms. The third kappa shape index (κ3) is 2.44. The van der Waals surface area contributed by atoms with Gasteiger partial charge in [-0.3, -0.25) is 0 Å². The fourth-order valence-electron chi connectivity index (χ4n) is 1.93. The van der Waals surface area contributed by atoms with Crippen LogP contribution in [0.2, 0.25) is 0 Å². The number of hydrogen-bond acceptors (Lipinski definition) is 0. The minimum Gasteiger partial charge on any atom is -0.347 e. The van der Waals surface area contributed by atoms with E-state index < -0.39 is 0 Å². The van der Waals surface area contributed by atoms with Gasteiger partial charge in [0.25, 0.3) is 0 Å². The fraction of sp³-hybridized carbons (Fsp3) is 0.286. The van der Waals surface area contributed by atoms with Gasteiger partial charge >= 0.3 is 0 Å². The van der Waals surface area contributed by atoms with E-state index in [4.69, 9.17) is 0 Å². The highest BCUT2D eigenvalue weighted by Crippen LogP contribution is 2.22. The van der Waals surface area contributed by atoms with E-state index in [-0.39, 0.29) is 5.82 Å². The molecule has 0 fully saturated rings. The summed E-state index contributed by atoms with van der Waals surface area (Å²) in [6.45, 7) is 7.11. The van der Waals surface area contributed by atoms with Crippen LogP contribution in [0.15, 0.2) is 28.9 Å². The number of halogens is 2. The molecule has 2 rings (SSSR count). The van der Waals surface area contributed by atoms with E-state index in [0.29, 0.717) is 0 Å². The number of benzene rings is 1. The molecule has 0 bridgehead atoms. The Labute approximate surface area is 109 Å². The molecular formula is C14H15BrFN. The average Bonchev–Trinajstić information content (AvgIpc) is 2.50. The van der Waals surface area contributed by atoms with Gasteiger partial charge < -0.3 is 4.57 Å². The van der Waals surface area contributed by atoms with Crippen molar-refractivity contribution in [1.29, 1.82) is 0 Å². The van der Waals surface area contributed by atoms with Crippen molar-refractivity contribution in [2.24, 2.45) is 0 Å². The molecule has 0 saturated carbocycles. The van der Waals surface area contributed by atoms with Gasteiger partial charge in [-0.15, -0.1) is 0 Å². The SMILES string of the molecule is Cc1cn(Cc2ccc(F)cc2Br)c(C)c1C. The van der Waals surface area contributed by atoms with Crippen LogP contribution in [0.4, 0.5) is 4.39 Å². The Morgan fingerprint density at radius 1 is 1.24 bits per heavy atom. The summed E-state index contributed by atoms with van der Waals surface area (Å²) in [5.41, 5.74) is 4.96. The summed E-state index contributed by atoms with van der Waals surface area (Å²) >= 11 is 3.40. The number of aryl methyl sites for hydroxylation is 1. The highest BCUT2D eigenvalue weighted by Gasteiger charge is 2.07. The highest BCUT2D eigenvalue weighted by molar-refractivity contribution is 9.10. The number of aromatic nitrogens is 1. The molecule has 90 valence electrons. The van der Waals surface area contributed by atoms with Crippen LogP contribution in [0, 0.1) is 26.6 Å². The minimum atomic E-state index is -0.211. The number of nitrogens with zero attached hydrogens (tertiary/aromatic N) is 1. The molecule has 0 spiro atoms. The van der Waals surface area contributed by atoms with Gasteiger partial charge in [0.2, 0.25) is 0 Å². The lowest BCUT2D eigenvalue weighted by Crippen LogP contribution is -2.01. The molecule has 1 heterocycles. The first kappa shape index (κ1) is 12.4. The van der Waals surface area contributed by atoms with E-state index in [0.717, 1.165) is 16.6 Å². The Hall–Kier alpha value is -1.09. The van der Waals surface area contributed by atoms with Crippen LogP contribution in [0.5, 0.6) is 0 Å². The van der Waals surface area contributed by atoms with E-state index in [1.54, 1.807) is 0 Å². The van der Waals surface area contributed by atoms with Gasteiger partial charge in [0.1, 0.15) is 5.82 Å². The zero-order valence-electron chi connectivity index (χ0n) is 10.2. The highest BCUT2D eigenvalue weighted by atomic mass is 79.9. The second kappa shape index (κ2) is 4.65. The molecule has 0 aliphatic carbocycles. The largest absolute Gasteiger partial charge is 0.347 e. The van der Waals surface area contributed by atoms with Crippen molar-refractivity contribution in [2.45, 2.75) is 27.3 Å². The standard InChI is InChI=1S/C14H15BrFN/c1-9-7-17(11(3)10(9)2)8-12-4-5-13(16)6-14(12)15/h4-7H,8H2,1-3H3. The third-order valence-electron chi connectivity index (χ3n) is 3.27. The maximum absolute atomic E-state index is 13.0. The monoisotopic (exact) mass is 295 g/mol. The molecule has 1 aromatic heterocycles. The van der Waals surface area contributed by atoms with Crippen molar-refractivity contribution in [1.82, 2.24) is 4.57 Å². The van der Waals surface area contributed by atoms with Crippen LogP contribution in [-0.4, -0.2) is 4.57 Å². The Kier molecular flexibility index (Phi) is 3.38. The molecular weight excluding hydrogens is 281 g/mol. The Morgan fingerprint density at radius 3 is 2.47 bits per heavy atom. The molecule has 2 aromatic rings. The predicted molar refractivity (Wildman–Crippen MR) is 71.8 cm³/mol. The van der Waals surface area contributed by atoms with Crippen LogP contribution in [-0.2, 0) is 6.54 Å². The zero-order valence-corrected chi connectivity index (χ0v) is 11.8. The van der Waals surface area contributed by atoms with Gasteiger partial charge in [-0.05, 0) is 49.6 Å². The summed E-state index contributed by atoms with van der Waals surface area (Å²) in [7, 11) is 0. The van der Waals surface area contributed by atoms with E-state index >= 15 is 0 Å². The van der Waals surface area contributed by atoms with Gasteiger partial charge in [0, 0.05) is 22.9 Å². The molecule has 1 nitrogen and oxygen atoms in total. The molecule has 0 atom stereocenters. The van der Waals surface area contributed by atoms with E-state index in [2.05, 4.69) is 47.5 Å². The quantitative estimate of drug-likeness (QED) is 0.776. The first-order valence-corrected chi connectivity index (χ1v) is 6.35. The molecule has 0 N–H and O–H groups in total. The van der Waals surface area contributed by atoms with Crippen molar-refractivity contribution in [3.63, 3.8) is 0 Å². The predicted octanol–water partition coefficient (Wildman–Crippen LogP) is 4.36. The lowest BCUT2D eigenvalue weighted by molar-refractivity contribution is 0.625. The van der Waals surface area contributed by atoms with Gasteiger partial charge in [-0.25, -0.2) is 4.39 Å². The fourth-order valence-corrected chi connectivity index (χ4v) is 2.40. The molecule has 0 saturated heterocycles. The van der Waals surface area contributed by atoms with Gasteiger partial charge in [-0.1, -0.05) is 22.0 Å². The van der Waals surface area contributed by atoms with Crippen LogP contribution in [0.25, 0.3) is 0 Å². The molecule has 0 unspecified atom stereocenters. The third-order valence-corrected chi connectivity index (χ3v) is 4.01. The van der Waals surface area contributed by atoms with Crippen molar-refractivity contribution in [2.75, 3.05) is 0 Å². The lowest BCUT2D eigenvalue weighted by atomic mass is 10.2. The topological polar surface area (TPSA) is 4.93 Å². The average molecular weight is 296 g/mol. The summed E-state index contributed by atoms with van der Waals surface area (Å²) in [5.74, 6) is -0.211. The maximum atomic E-state index is 13.0.